The maximum absolute atomic E-state index is 5.61. The molecule has 0 radical (unpaired) electrons. The van der Waals surface area contributed by atoms with Gasteiger partial charge in [-0.25, -0.2) is 9.97 Å². The third-order valence-electron chi connectivity index (χ3n) is 13.9. The van der Waals surface area contributed by atoms with Crippen molar-refractivity contribution >= 4 is 54.1 Å². The molecule has 5 heterocycles. The van der Waals surface area contributed by atoms with Crippen LogP contribution >= 0.6 is 11.3 Å². The lowest BCUT2D eigenvalue weighted by Gasteiger charge is -2.33. The molecule has 0 aromatic carbocycles. The molecule has 0 spiro atoms. The third kappa shape index (κ3) is 3.22. The Hall–Kier alpha value is -4.02. The number of aromatic nitrogens is 3. The van der Waals surface area contributed by atoms with Crippen molar-refractivity contribution in [2.24, 2.45) is 23.7 Å². The van der Waals surface area contributed by atoms with Gasteiger partial charge in [0.15, 0.2) is 0 Å². The van der Waals surface area contributed by atoms with Crippen molar-refractivity contribution < 1.29 is 0 Å². The second-order valence-corrected chi connectivity index (χ2v) is 17.2. The summed E-state index contributed by atoms with van der Waals surface area (Å²) in [5.41, 5.74) is 19.7. The minimum Gasteiger partial charge on any atom is -0.355 e. The van der Waals surface area contributed by atoms with Crippen LogP contribution in [-0.2, 0) is 0 Å². The average molecular weight is 640 g/mol. The first-order valence-corrected chi connectivity index (χ1v) is 19.5. The van der Waals surface area contributed by atoms with E-state index in [0.717, 1.165) is 0 Å². The predicted molar refractivity (Wildman–Crippen MR) is 197 cm³/mol. The summed E-state index contributed by atoms with van der Waals surface area (Å²) in [4.78, 5) is 15.3. The molecule has 3 aromatic heterocycles. The van der Waals surface area contributed by atoms with E-state index in [0.29, 0.717) is 47.3 Å². The van der Waals surface area contributed by atoms with Crippen LogP contribution in [0.3, 0.4) is 0 Å². The fourth-order valence-electron chi connectivity index (χ4n) is 11.8. The monoisotopic (exact) mass is 639 g/mol. The number of aromatic amines is 1. The van der Waals surface area contributed by atoms with E-state index in [-0.39, 0.29) is 0 Å². The second kappa shape index (κ2) is 8.95. The third-order valence-corrected chi connectivity index (χ3v) is 15.0. The van der Waals surface area contributed by atoms with Crippen molar-refractivity contribution in [1.29, 1.82) is 0 Å². The molecule has 8 atom stereocenters. The van der Waals surface area contributed by atoms with Crippen LogP contribution in [0.15, 0.2) is 72.9 Å². The molecule has 14 aliphatic rings. The minimum atomic E-state index is 0.475. The van der Waals surface area contributed by atoms with Gasteiger partial charge in [-0.2, -0.15) is 0 Å². The quantitative estimate of drug-likeness (QED) is 0.249. The summed E-state index contributed by atoms with van der Waals surface area (Å²) < 4.78 is 2.88. The summed E-state index contributed by atoms with van der Waals surface area (Å²) in [6.45, 7) is 0. The van der Waals surface area contributed by atoms with Crippen LogP contribution < -0.4 is 0 Å². The van der Waals surface area contributed by atoms with Gasteiger partial charge in [-0.3, -0.25) is 0 Å². The predicted octanol–water partition coefficient (Wildman–Crippen LogP) is 11.1. The first kappa shape index (κ1) is 25.9. The van der Waals surface area contributed by atoms with E-state index in [1.807, 2.05) is 11.3 Å². The molecule has 17 rings (SSSR count). The number of H-pyrrole nitrogens is 1. The minimum absolute atomic E-state index is 0.475. The molecule has 3 nitrogen and oxygen atoms in total. The smallest absolute Gasteiger partial charge is 0.0699 e. The fourth-order valence-corrected chi connectivity index (χ4v) is 13.2. The van der Waals surface area contributed by atoms with Crippen LogP contribution in [0, 0.1) is 23.7 Å². The molecule has 4 heteroatoms. The van der Waals surface area contributed by atoms with Gasteiger partial charge in [-0.05, 0) is 120 Å². The summed E-state index contributed by atoms with van der Waals surface area (Å²) in [7, 11) is 0. The molecular weight excluding hydrogens is 603 g/mol. The van der Waals surface area contributed by atoms with Crippen LogP contribution in [0.2, 0.25) is 0 Å². The lowest BCUT2D eigenvalue weighted by atomic mass is 9.70. The Balaban J connectivity index is 1.19. The number of nitrogens with zero attached hydrogens (tertiary/aromatic N) is 2. The van der Waals surface area contributed by atoms with Crippen LogP contribution in [-0.4, -0.2) is 15.0 Å². The summed E-state index contributed by atoms with van der Waals surface area (Å²) in [5.74, 6) is 3.90. The molecule has 16 bridgehead atoms. The molecule has 0 amide bonds. The number of thiophene rings is 1. The zero-order chi connectivity index (χ0) is 30.8. The van der Waals surface area contributed by atoms with Crippen LogP contribution in [0.5, 0.6) is 0 Å². The Morgan fingerprint density at radius 2 is 0.708 bits per heavy atom. The van der Waals surface area contributed by atoms with Gasteiger partial charge >= 0.3 is 0 Å². The molecule has 0 saturated carbocycles. The highest BCUT2D eigenvalue weighted by molar-refractivity contribution is 7.24. The van der Waals surface area contributed by atoms with Crippen molar-refractivity contribution in [1.82, 2.24) is 15.0 Å². The molecule has 2 aliphatic heterocycles. The average Bonchev–Trinajstić information content (AvgIpc) is 3.92. The van der Waals surface area contributed by atoms with E-state index in [1.54, 1.807) is 11.1 Å². The second-order valence-electron chi connectivity index (χ2n) is 16.1. The zero-order valence-electron chi connectivity index (χ0n) is 27.0. The van der Waals surface area contributed by atoms with E-state index in [4.69, 9.17) is 9.97 Å². The van der Waals surface area contributed by atoms with Crippen LogP contribution in [0.1, 0.15) is 120 Å². The molecule has 1 N–H and O–H groups in total. The number of rotatable bonds is 0. The van der Waals surface area contributed by atoms with Crippen molar-refractivity contribution in [3.8, 4) is 0 Å². The van der Waals surface area contributed by atoms with Crippen molar-refractivity contribution in [3.63, 3.8) is 0 Å². The van der Waals surface area contributed by atoms with Crippen LogP contribution in [0.25, 0.3) is 42.7 Å². The SMILES string of the molecule is C1=CC2CCC1C1=C2c2cc3sc(cc4nc(cc5[nH]c(cc1n2)c1c5C2C=CC1CC2)C1=C4C2C=CC1CC2)c1c3C2C=CC1CC2. The largest absolute Gasteiger partial charge is 0.355 e. The fraction of sp³-hybridized carbons (Fsp3) is 0.364. The van der Waals surface area contributed by atoms with Gasteiger partial charge in [0.2, 0.25) is 0 Å². The van der Waals surface area contributed by atoms with E-state index < -0.39 is 0 Å². The molecule has 0 fully saturated rings. The maximum atomic E-state index is 5.61. The Bertz CT molecular complexity index is 2100. The topological polar surface area (TPSA) is 41.6 Å². The molecule has 3 aromatic rings. The number of hydrogen-bond acceptors (Lipinski definition) is 3. The van der Waals surface area contributed by atoms with E-state index in [2.05, 4.69) is 77.9 Å². The van der Waals surface area contributed by atoms with E-state index in [9.17, 15) is 0 Å². The lowest BCUT2D eigenvalue weighted by Crippen LogP contribution is -2.18. The molecule has 12 aliphatic carbocycles. The Kier molecular flexibility index (Phi) is 4.84. The zero-order valence-corrected chi connectivity index (χ0v) is 27.8. The van der Waals surface area contributed by atoms with Gasteiger partial charge in [0.25, 0.3) is 0 Å². The summed E-state index contributed by atoms with van der Waals surface area (Å²) in [6, 6.07) is 9.95. The molecule has 0 saturated heterocycles. The highest BCUT2D eigenvalue weighted by Gasteiger charge is 2.41. The van der Waals surface area contributed by atoms with Gasteiger partial charge in [-0.1, -0.05) is 48.6 Å². The maximum Gasteiger partial charge on any atom is 0.0699 e. The number of allylic oxidation sites excluding steroid dienone is 12. The van der Waals surface area contributed by atoms with Gasteiger partial charge in [0.1, 0.15) is 0 Å². The van der Waals surface area contributed by atoms with Gasteiger partial charge in [0, 0.05) is 67.8 Å². The number of fused-ring (bicyclic) bond motifs is 12. The van der Waals surface area contributed by atoms with Crippen molar-refractivity contribution in [3.05, 3.63) is 118 Å². The standard InChI is InChI=1S/C44H37N3S/c1-2-22-4-3-21(1)37-29-17-31-39-23-5-9-25(10-6-23)41(39)33(46-31)19-35-43-27-13-15-28(16-14-27)44(43)36(48-35)20-34-42-26-11-7-24(8-12-26)40(42)32(47-34)18-30(45-29)38(22)37/h1-2,5,7,9,11,13,15,17-28,45H,3-4,6,8,10,12,14,16H2. The highest BCUT2D eigenvalue weighted by atomic mass is 32.1. The highest BCUT2D eigenvalue weighted by Crippen LogP contribution is 2.57. The normalized spacial score (nSPS) is 33.5. The molecular formula is C44H37N3S. The summed E-state index contributed by atoms with van der Waals surface area (Å²) in [5, 5.41) is 0. The van der Waals surface area contributed by atoms with E-state index >= 15 is 0 Å². The molecule has 234 valence electrons. The van der Waals surface area contributed by atoms with Crippen molar-refractivity contribution in [2.45, 2.75) is 75.0 Å². The first-order chi connectivity index (χ1) is 23.7. The lowest BCUT2D eigenvalue weighted by molar-refractivity contribution is 0.557. The Morgan fingerprint density at radius 1 is 0.396 bits per heavy atom. The number of nitrogens with one attached hydrogen (secondary N) is 1. The van der Waals surface area contributed by atoms with Crippen molar-refractivity contribution in [2.75, 3.05) is 0 Å². The summed E-state index contributed by atoms with van der Waals surface area (Å²) >= 11 is 2.02. The van der Waals surface area contributed by atoms with Gasteiger partial charge < -0.3 is 4.98 Å². The molecule has 8 unspecified atom stereocenters. The summed E-state index contributed by atoms with van der Waals surface area (Å²) in [6.07, 6.45) is 29.9. The molecule has 48 heavy (non-hydrogen) atoms. The van der Waals surface area contributed by atoms with Gasteiger partial charge in [0.05, 0.1) is 22.8 Å². The van der Waals surface area contributed by atoms with Crippen LogP contribution in [0.4, 0.5) is 0 Å². The number of hydrogen-bond donors (Lipinski definition) is 1. The Morgan fingerprint density at radius 3 is 1.06 bits per heavy atom. The van der Waals surface area contributed by atoms with Gasteiger partial charge in [-0.15, -0.1) is 11.3 Å². The first-order valence-electron chi connectivity index (χ1n) is 18.7. The Labute approximate surface area is 284 Å². The van der Waals surface area contributed by atoms with E-state index in [1.165, 1.54) is 128 Å².